The van der Waals surface area contributed by atoms with Crippen LogP contribution in [-0.2, 0) is 32.6 Å². The average molecular weight is 697 g/mol. The molecule has 4 aromatic carbocycles. The summed E-state index contributed by atoms with van der Waals surface area (Å²) in [5.41, 5.74) is 2.58. The van der Waals surface area contributed by atoms with Crippen LogP contribution in [0.2, 0.25) is 5.02 Å². The van der Waals surface area contributed by atoms with Crippen molar-refractivity contribution in [2.45, 2.75) is 44.2 Å². The minimum atomic E-state index is -4.20. The van der Waals surface area contributed by atoms with Crippen LogP contribution in [0.3, 0.4) is 0 Å². The van der Waals surface area contributed by atoms with Gasteiger partial charge < -0.3 is 10.2 Å². The van der Waals surface area contributed by atoms with Gasteiger partial charge in [0.2, 0.25) is 11.8 Å². The number of rotatable bonds is 13. The lowest BCUT2D eigenvalue weighted by Crippen LogP contribution is -2.53. The summed E-state index contributed by atoms with van der Waals surface area (Å²) in [6.07, 6.45) is 0.974. The van der Waals surface area contributed by atoms with E-state index in [0.717, 1.165) is 26.3 Å². The van der Waals surface area contributed by atoms with E-state index in [-0.39, 0.29) is 29.5 Å². The number of nitrogens with zero attached hydrogens (tertiary/aromatic N) is 2. The molecule has 0 aliphatic carbocycles. The number of carbonyl (C=O) groups is 2. The molecule has 0 spiro atoms. The minimum Gasteiger partial charge on any atom is -0.354 e. The highest BCUT2D eigenvalue weighted by Gasteiger charge is 2.35. The van der Waals surface area contributed by atoms with E-state index >= 15 is 0 Å². The van der Waals surface area contributed by atoms with Crippen molar-refractivity contribution in [1.29, 1.82) is 0 Å². The Morgan fingerprint density at radius 2 is 1.52 bits per heavy atom. The Bertz CT molecular complexity index is 1670. The maximum Gasteiger partial charge on any atom is 0.264 e. The van der Waals surface area contributed by atoms with E-state index in [1.54, 1.807) is 43.3 Å². The third kappa shape index (κ3) is 8.49. The summed E-state index contributed by atoms with van der Waals surface area (Å²) in [6.45, 7) is 3.72. The predicted molar refractivity (Wildman–Crippen MR) is 179 cm³/mol. The molecule has 0 radical (unpaired) electrons. The van der Waals surface area contributed by atoms with Crippen LogP contribution in [0.1, 0.15) is 30.0 Å². The zero-order valence-electron chi connectivity index (χ0n) is 24.6. The summed E-state index contributed by atoms with van der Waals surface area (Å²) in [7, 11) is -4.20. The van der Waals surface area contributed by atoms with Gasteiger partial charge in [0.05, 0.1) is 10.6 Å². The van der Waals surface area contributed by atoms with Crippen LogP contribution in [0.25, 0.3) is 0 Å². The molecular weight excluding hydrogens is 662 g/mol. The second-order valence-electron chi connectivity index (χ2n) is 10.4. The van der Waals surface area contributed by atoms with Crippen molar-refractivity contribution in [1.82, 2.24) is 10.2 Å². The van der Waals surface area contributed by atoms with Gasteiger partial charge in [-0.2, -0.15) is 0 Å². The Hall–Kier alpha value is -3.66. The standard InChI is InChI=1S/C34H35BrClN3O4S/c1-3-20-37-34(41)32(21-26-10-6-4-7-11-26)38(23-27-15-17-28(35)18-16-27)33(40)24-39(31-22-29(36)19-14-25(31)2)44(42,43)30-12-8-5-9-13-30/h4-19,22,32H,3,20-21,23-24H2,1-2H3,(H,37,41). The first kappa shape index (κ1) is 33.2. The number of halogens is 2. The number of nitrogens with one attached hydrogen (secondary N) is 1. The zero-order chi connectivity index (χ0) is 31.7. The van der Waals surface area contributed by atoms with Crippen molar-refractivity contribution < 1.29 is 18.0 Å². The molecule has 0 heterocycles. The molecule has 0 aromatic heterocycles. The van der Waals surface area contributed by atoms with Crippen molar-refractivity contribution in [3.8, 4) is 0 Å². The van der Waals surface area contributed by atoms with Gasteiger partial charge in [0.25, 0.3) is 10.0 Å². The van der Waals surface area contributed by atoms with Gasteiger partial charge in [-0.1, -0.05) is 101 Å². The second kappa shape index (κ2) is 15.4. The van der Waals surface area contributed by atoms with Crippen molar-refractivity contribution >= 4 is 55.1 Å². The lowest BCUT2D eigenvalue weighted by atomic mass is 10.0. The van der Waals surface area contributed by atoms with E-state index in [0.29, 0.717) is 17.1 Å². The van der Waals surface area contributed by atoms with E-state index in [1.807, 2.05) is 61.5 Å². The molecule has 0 aliphatic rings. The molecule has 0 saturated carbocycles. The first-order valence-electron chi connectivity index (χ1n) is 14.3. The summed E-state index contributed by atoms with van der Waals surface area (Å²) in [5, 5.41) is 3.28. The van der Waals surface area contributed by atoms with E-state index in [4.69, 9.17) is 11.6 Å². The number of carbonyl (C=O) groups excluding carboxylic acids is 2. The summed E-state index contributed by atoms with van der Waals surface area (Å²) in [4.78, 5) is 29.7. The monoisotopic (exact) mass is 695 g/mol. The summed E-state index contributed by atoms with van der Waals surface area (Å²) in [5.74, 6) is -0.836. The number of anilines is 1. The fourth-order valence-electron chi connectivity index (χ4n) is 4.79. The first-order chi connectivity index (χ1) is 21.1. The predicted octanol–water partition coefficient (Wildman–Crippen LogP) is 6.77. The highest BCUT2D eigenvalue weighted by molar-refractivity contribution is 9.10. The molecule has 230 valence electrons. The molecule has 0 saturated heterocycles. The van der Waals surface area contributed by atoms with E-state index < -0.39 is 28.5 Å². The lowest BCUT2D eigenvalue weighted by Gasteiger charge is -2.34. The molecule has 0 aliphatic heterocycles. The fourth-order valence-corrected chi connectivity index (χ4v) is 6.71. The van der Waals surface area contributed by atoms with Gasteiger partial charge in [-0.3, -0.25) is 13.9 Å². The molecule has 1 unspecified atom stereocenters. The van der Waals surface area contributed by atoms with Gasteiger partial charge >= 0.3 is 0 Å². The number of hydrogen-bond donors (Lipinski definition) is 1. The fraction of sp³-hybridized carbons (Fsp3) is 0.235. The largest absolute Gasteiger partial charge is 0.354 e. The summed E-state index contributed by atoms with van der Waals surface area (Å²) < 4.78 is 30.2. The third-order valence-corrected chi connectivity index (χ3v) is 9.67. The number of sulfonamides is 1. The Labute approximate surface area is 273 Å². The first-order valence-corrected chi connectivity index (χ1v) is 16.9. The van der Waals surface area contributed by atoms with E-state index in [1.165, 1.54) is 17.0 Å². The maximum absolute atomic E-state index is 14.5. The van der Waals surface area contributed by atoms with Crippen molar-refractivity contribution in [2.75, 3.05) is 17.4 Å². The van der Waals surface area contributed by atoms with Gasteiger partial charge in [0.15, 0.2) is 0 Å². The van der Waals surface area contributed by atoms with Gasteiger partial charge in [-0.25, -0.2) is 8.42 Å². The number of benzene rings is 4. The van der Waals surface area contributed by atoms with Crippen LogP contribution in [0.15, 0.2) is 112 Å². The topological polar surface area (TPSA) is 86.8 Å². The summed E-state index contributed by atoms with van der Waals surface area (Å²) >= 11 is 9.79. The average Bonchev–Trinajstić information content (AvgIpc) is 3.03. The van der Waals surface area contributed by atoms with E-state index in [2.05, 4.69) is 21.2 Å². The number of aryl methyl sites for hydroxylation is 1. The highest BCUT2D eigenvalue weighted by Crippen LogP contribution is 2.30. The molecular formula is C34H35BrClN3O4S. The highest BCUT2D eigenvalue weighted by atomic mass is 79.9. The van der Waals surface area contributed by atoms with Gasteiger partial charge in [0.1, 0.15) is 12.6 Å². The number of hydrogen-bond acceptors (Lipinski definition) is 4. The molecule has 0 fully saturated rings. The second-order valence-corrected chi connectivity index (χ2v) is 13.6. The molecule has 2 amide bonds. The smallest absolute Gasteiger partial charge is 0.264 e. The normalized spacial score (nSPS) is 11.9. The van der Waals surface area contributed by atoms with Gasteiger partial charge in [-0.05, 0) is 66.4 Å². The molecule has 4 aromatic rings. The van der Waals surface area contributed by atoms with Crippen LogP contribution in [0, 0.1) is 6.92 Å². The quantitative estimate of drug-likeness (QED) is 0.167. The molecule has 7 nitrogen and oxygen atoms in total. The molecule has 10 heteroatoms. The lowest BCUT2D eigenvalue weighted by molar-refractivity contribution is -0.140. The Morgan fingerprint density at radius 1 is 0.886 bits per heavy atom. The molecule has 0 bridgehead atoms. The van der Waals surface area contributed by atoms with E-state index in [9.17, 15) is 18.0 Å². The molecule has 44 heavy (non-hydrogen) atoms. The maximum atomic E-state index is 14.5. The number of amides is 2. The van der Waals surface area contributed by atoms with Crippen molar-refractivity contribution in [2.24, 2.45) is 0 Å². The van der Waals surface area contributed by atoms with Crippen LogP contribution >= 0.6 is 27.5 Å². The van der Waals surface area contributed by atoms with Crippen LogP contribution < -0.4 is 9.62 Å². The van der Waals surface area contributed by atoms with Crippen molar-refractivity contribution in [3.63, 3.8) is 0 Å². The molecule has 4 rings (SSSR count). The van der Waals surface area contributed by atoms with Crippen LogP contribution in [-0.4, -0.2) is 44.3 Å². The molecule has 1 atom stereocenters. The molecule has 1 N–H and O–H groups in total. The Balaban J connectivity index is 1.81. The van der Waals surface area contributed by atoms with Crippen molar-refractivity contribution in [3.05, 3.63) is 129 Å². The summed E-state index contributed by atoms with van der Waals surface area (Å²) in [6, 6.07) is 28.9. The SMILES string of the molecule is CCCNC(=O)C(Cc1ccccc1)N(Cc1ccc(Br)cc1)C(=O)CN(c1cc(Cl)ccc1C)S(=O)(=O)c1ccccc1. The Kier molecular flexibility index (Phi) is 11.6. The zero-order valence-corrected chi connectivity index (χ0v) is 27.8. The van der Waals surface area contributed by atoms with Crippen LogP contribution in [0.5, 0.6) is 0 Å². The van der Waals surface area contributed by atoms with Crippen LogP contribution in [0.4, 0.5) is 5.69 Å². The van der Waals surface area contributed by atoms with Gasteiger partial charge in [-0.15, -0.1) is 0 Å². The third-order valence-electron chi connectivity index (χ3n) is 7.14. The Morgan fingerprint density at radius 3 is 2.16 bits per heavy atom. The minimum absolute atomic E-state index is 0.0353. The van der Waals surface area contributed by atoms with Gasteiger partial charge in [0, 0.05) is 29.0 Å².